The van der Waals surface area contributed by atoms with Gasteiger partial charge in [0, 0.05) is 5.54 Å². The number of aromatic nitrogens is 2. The number of benzene rings is 1. The Morgan fingerprint density at radius 1 is 1.42 bits per heavy atom. The second-order valence-electron chi connectivity index (χ2n) is 5.52. The van der Waals surface area contributed by atoms with Crippen LogP contribution >= 0.6 is 11.6 Å². The van der Waals surface area contributed by atoms with Crippen molar-refractivity contribution in [1.29, 1.82) is 5.26 Å². The number of fused-ring (bicyclic) bond motifs is 1. The molecule has 1 saturated carbocycles. The van der Waals surface area contributed by atoms with Crippen molar-refractivity contribution in [2.45, 2.75) is 44.0 Å². The molecule has 1 aromatic carbocycles. The van der Waals surface area contributed by atoms with Gasteiger partial charge >= 0.3 is 0 Å². The molecule has 3 nitrogen and oxygen atoms in total. The van der Waals surface area contributed by atoms with Crippen LogP contribution < -0.4 is 0 Å². The summed E-state index contributed by atoms with van der Waals surface area (Å²) >= 11 is 6.07. The highest BCUT2D eigenvalue weighted by atomic mass is 35.5. The van der Waals surface area contributed by atoms with Crippen LogP contribution in [0, 0.1) is 11.3 Å². The number of hydrogen-bond donors (Lipinski definition) is 0. The van der Waals surface area contributed by atoms with Crippen molar-refractivity contribution in [3.8, 4) is 6.07 Å². The first kappa shape index (κ1) is 12.5. The first-order valence-corrected chi connectivity index (χ1v) is 7.19. The zero-order valence-corrected chi connectivity index (χ0v) is 11.7. The van der Waals surface area contributed by atoms with Gasteiger partial charge in [-0.3, -0.25) is 0 Å². The fourth-order valence-electron chi connectivity index (χ4n) is 3.25. The lowest BCUT2D eigenvalue weighted by molar-refractivity contribution is 0.331. The average molecular weight is 274 g/mol. The highest BCUT2D eigenvalue weighted by Gasteiger charge is 2.33. The van der Waals surface area contributed by atoms with E-state index in [2.05, 4.69) is 22.5 Å². The Morgan fingerprint density at radius 3 is 2.79 bits per heavy atom. The minimum Gasteiger partial charge on any atom is -0.321 e. The summed E-state index contributed by atoms with van der Waals surface area (Å²) in [6.07, 6.45) is 4.80. The highest BCUT2D eigenvalue weighted by Crippen LogP contribution is 2.39. The molecule has 1 aromatic heterocycles. The van der Waals surface area contributed by atoms with E-state index in [1.165, 1.54) is 12.8 Å². The first-order chi connectivity index (χ1) is 9.18. The van der Waals surface area contributed by atoms with E-state index in [1.54, 1.807) is 0 Å². The van der Waals surface area contributed by atoms with E-state index in [0.717, 1.165) is 29.7 Å². The van der Waals surface area contributed by atoms with Crippen molar-refractivity contribution >= 4 is 22.6 Å². The maximum Gasteiger partial charge on any atom is 0.125 e. The van der Waals surface area contributed by atoms with E-state index < -0.39 is 0 Å². The Morgan fingerprint density at radius 2 is 2.16 bits per heavy atom. The molecule has 0 aliphatic heterocycles. The Hall–Kier alpha value is -1.53. The number of imidazole rings is 1. The highest BCUT2D eigenvalue weighted by molar-refractivity contribution is 6.16. The van der Waals surface area contributed by atoms with Crippen LogP contribution in [0.4, 0.5) is 0 Å². The van der Waals surface area contributed by atoms with E-state index in [-0.39, 0.29) is 5.54 Å². The lowest BCUT2D eigenvalue weighted by atomic mass is 9.99. The Labute approximate surface area is 117 Å². The summed E-state index contributed by atoms with van der Waals surface area (Å²) in [5, 5.41) is 9.08. The van der Waals surface area contributed by atoms with Crippen LogP contribution in [0.1, 0.15) is 44.0 Å². The molecule has 19 heavy (non-hydrogen) atoms. The summed E-state index contributed by atoms with van der Waals surface area (Å²) in [4.78, 5) is 4.62. The summed E-state index contributed by atoms with van der Waals surface area (Å²) in [6.45, 7) is 2.27. The number of alkyl halides is 1. The van der Waals surface area contributed by atoms with Crippen molar-refractivity contribution in [3.05, 3.63) is 29.6 Å². The van der Waals surface area contributed by atoms with Gasteiger partial charge in [-0.05, 0) is 38.0 Å². The number of nitrogens with zero attached hydrogens (tertiary/aromatic N) is 3. The topological polar surface area (TPSA) is 41.6 Å². The molecule has 1 aliphatic carbocycles. The third kappa shape index (κ3) is 1.91. The fraction of sp³-hybridized carbons (Fsp3) is 0.467. The van der Waals surface area contributed by atoms with Gasteiger partial charge in [0.2, 0.25) is 0 Å². The fourth-order valence-corrected chi connectivity index (χ4v) is 3.43. The largest absolute Gasteiger partial charge is 0.321 e. The normalized spacial score (nSPS) is 17.7. The smallest absolute Gasteiger partial charge is 0.125 e. The molecule has 0 radical (unpaired) electrons. The minimum absolute atomic E-state index is 0.0903. The van der Waals surface area contributed by atoms with Crippen molar-refractivity contribution < 1.29 is 0 Å². The average Bonchev–Trinajstić information content (AvgIpc) is 3.01. The molecule has 0 amide bonds. The molecule has 0 bridgehead atoms. The van der Waals surface area contributed by atoms with Crippen LogP contribution in [0.25, 0.3) is 11.0 Å². The van der Waals surface area contributed by atoms with Gasteiger partial charge in [-0.1, -0.05) is 12.8 Å². The van der Waals surface area contributed by atoms with Gasteiger partial charge in [-0.15, -0.1) is 11.6 Å². The Balaban J connectivity index is 2.28. The SMILES string of the molecule is CC1(n2c(CCl)nc3ccc(C#N)cc32)CCCC1. The quantitative estimate of drug-likeness (QED) is 0.778. The molecule has 1 heterocycles. The van der Waals surface area contributed by atoms with E-state index in [1.807, 2.05) is 18.2 Å². The summed E-state index contributed by atoms with van der Waals surface area (Å²) in [6, 6.07) is 7.86. The van der Waals surface area contributed by atoms with E-state index in [0.29, 0.717) is 11.4 Å². The molecule has 0 saturated heterocycles. The van der Waals surface area contributed by atoms with Gasteiger partial charge in [-0.2, -0.15) is 5.26 Å². The van der Waals surface area contributed by atoms with Gasteiger partial charge in [0.1, 0.15) is 5.82 Å². The van der Waals surface area contributed by atoms with Crippen LogP contribution in [0.2, 0.25) is 0 Å². The summed E-state index contributed by atoms with van der Waals surface area (Å²) in [7, 11) is 0. The van der Waals surface area contributed by atoms with Crippen LogP contribution in [-0.2, 0) is 11.4 Å². The second kappa shape index (κ2) is 4.54. The maximum atomic E-state index is 9.08. The van der Waals surface area contributed by atoms with Crippen molar-refractivity contribution in [2.75, 3.05) is 0 Å². The van der Waals surface area contributed by atoms with Gasteiger partial charge in [0.15, 0.2) is 0 Å². The zero-order valence-electron chi connectivity index (χ0n) is 11.0. The molecular weight excluding hydrogens is 258 g/mol. The Kier molecular flexibility index (Phi) is 2.99. The number of rotatable bonds is 2. The van der Waals surface area contributed by atoms with Crippen LogP contribution in [0.15, 0.2) is 18.2 Å². The molecule has 0 N–H and O–H groups in total. The van der Waals surface area contributed by atoms with Crippen molar-refractivity contribution in [2.24, 2.45) is 0 Å². The summed E-state index contributed by atoms with van der Waals surface area (Å²) in [5.41, 5.74) is 2.74. The number of hydrogen-bond acceptors (Lipinski definition) is 2. The monoisotopic (exact) mass is 273 g/mol. The molecule has 0 atom stereocenters. The van der Waals surface area contributed by atoms with Crippen LogP contribution in [0.5, 0.6) is 0 Å². The molecule has 0 spiro atoms. The lowest BCUT2D eigenvalue weighted by Gasteiger charge is -2.28. The van der Waals surface area contributed by atoms with Crippen molar-refractivity contribution in [3.63, 3.8) is 0 Å². The third-order valence-corrected chi connectivity index (χ3v) is 4.43. The van der Waals surface area contributed by atoms with E-state index in [4.69, 9.17) is 16.9 Å². The van der Waals surface area contributed by atoms with E-state index in [9.17, 15) is 0 Å². The van der Waals surface area contributed by atoms with Gasteiger partial charge < -0.3 is 4.57 Å². The molecule has 1 aliphatic rings. The van der Waals surface area contributed by atoms with Gasteiger partial charge in [0.25, 0.3) is 0 Å². The Bertz CT molecular complexity index is 660. The molecule has 4 heteroatoms. The molecule has 3 rings (SSSR count). The third-order valence-electron chi connectivity index (χ3n) is 4.19. The molecule has 1 fully saturated rings. The predicted octanol–water partition coefficient (Wildman–Crippen LogP) is 3.94. The van der Waals surface area contributed by atoms with E-state index >= 15 is 0 Å². The minimum atomic E-state index is 0.0903. The number of nitriles is 1. The molecule has 98 valence electrons. The van der Waals surface area contributed by atoms with Gasteiger partial charge in [-0.25, -0.2) is 4.98 Å². The lowest BCUT2D eigenvalue weighted by Crippen LogP contribution is -2.27. The first-order valence-electron chi connectivity index (χ1n) is 6.66. The number of halogens is 1. The summed E-state index contributed by atoms with van der Waals surface area (Å²) < 4.78 is 2.27. The second-order valence-corrected chi connectivity index (χ2v) is 5.78. The summed E-state index contributed by atoms with van der Waals surface area (Å²) in [5.74, 6) is 1.32. The predicted molar refractivity (Wildman–Crippen MR) is 76.1 cm³/mol. The molecular formula is C15H16ClN3. The van der Waals surface area contributed by atoms with Crippen LogP contribution in [-0.4, -0.2) is 9.55 Å². The van der Waals surface area contributed by atoms with Gasteiger partial charge in [0.05, 0.1) is 28.5 Å². The maximum absolute atomic E-state index is 9.08. The molecule has 0 unspecified atom stereocenters. The van der Waals surface area contributed by atoms with Crippen LogP contribution in [0.3, 0.4) is 0 Å². The zero-order chi connectivity index (χ0) is 13.5. The standard InChI is InChI=1S/C15H16ClN3/c1-15(6-2-3-7-15)19-13-8-11(10-17)4-5-12(13)18-14(19)9-16/h4-5,8H,2-3,6-7,9H2,1H3. The van der Waals surface area contributed by atoms with Crippen molar-refractivity contribution in [1.82, 2.24) is 9.55 Å². The molecule has 2 aromatic rings.